The highest BCUT2D eigenvalue weighted by atomic mass is 16.5. The van der Waals surface area contributed by atoms with Crippen LogP contribution in [0.15, 0.2) is 30.6 Å². The summed E-state index contributed by atoms with van der Waals surface area (Å²) in [6.45, 7) is 8.17. The number of morpholine rings is 1. The summed E-state index contributed by atoms with van der Waals surface area (Å²) in [7, 11) is 1.69. The van der Waals surface area contributed by atoms with E-state index in [4.69, 9.17) is 14.5 Å². The molecule has 0 aliphatic carbocycles. The summed E-state index contributed by atoms with van der Waals surface area (Å²) in [6.07, 6.45) is 3.60. The second kappa shape index (κ2) is 7.98. The van der Waals surface area contributed by atoms with E-state index >= 15 is 0 Å². The topological polar surface area (TPSA) is 72.4 Å². The van der Waals surface area contributed by atoms with Crippen LogP contribution in [-0.4, -0.2) is 54.9 Å². The van der Waals surface area contributed by atoms with Crippen LogP contribution < -0.4 is 15.0 Å². The lowest BCUT2D eigenvalue weighted by atomic mass is 10.0. The quantitative estimate of drug-likeness (QED) is 0.729. The van der Waals surface area contributed by atoms with Crippen LogP contribution in [0.1, 0.15) is 12.5 Å². The van der Waals surface area contributed by atoms with Crippen molar-refractivity contribution < 1.29 is 9.47 Å². The number of methoxy groups -OCH3 is 1. The van der Waals surface area contributed by atoms with Gasteiger partial charge in [0.15, 0.2) is 0 Å². The maximum absolute atomic E-state index is 5.69. The van der Waals surface area contributed by atoms with Gasteiger partial charge in [-0.25, -0.2) is 15.0 Å². The largest absolute Gasteiger partial charge is 0.494 e. The van der Waals surface area contributed by atoms with Gasteiger partial charge in [0.2, 0.25) is 5.95 Å². The predicted octanol–water partition coefficient (Wildman–Crippen LogP) is 3.28. The molecule has 0 spiro atoms. The highest BCUT2D eigenvalue weighted by Crippen LogP contribution is 2.34. The van der Waals surface area contributed by atoms with Gasteiger partial charge in [0, 0.05) is 54.7 Å². The van der Waals surface area contributed by atoms with Gasteiger partial charge in [0.05, 0.1) is 26.0 Å². The number of nitrogens with one attached hydrogen (secondary N) is 1. The Kier molecular flexibility index (Phi) is 5.25. The zero-order valence-corrected chi connectivity index (χ0v) is 16.5. The Morgan fingerprint density at radius 1 is 1.14 bits per heavy atom. The third-order valence-corrected chi connectivity index (χ3v) is 4.95. The maximum atomic E-state index is 5.69. The Hall–Kier alpha value is -2.93. The summed E-state index contributed by atoms with van der Waals surface area (Å²) in [6, 6.07) is 6.34. The highest BCUT2D eigenvalue weighted by molar-refractivity contribution is 5.92. The summed E-state index contributed by atoms with van der Waals surface area (Å²) in [5, 5.41) is 4.20. The second-order valence-corrected chi connectivity index (χ2v) is 6.79. The van der Waals surface area contributed by atoms with E-state index in [0.717, 1.165) is 72.0 Å². The number of nitrogens with zero attached hydrogens (tertiary/aromatic N) is 4. The molecule has 7 heteroatoms. The van der Waals surface area contributed by atoms with Crippen molar-refractivity contribution in [3.05, 3.63) is 36.2 Å². The first-order valence-corrected chi connectivity index (χ1v) is 9.58. The molecule has 0 saturated carbocycles. The van der Waals surface area contributed by atoms with E-state index in [-0.39, 0.29) is 0 Å². The maximum Gasteiger partial charge on any atom is 0.222 e. The SMILES string of the molecule is CCNc1ncc(-c2cc(C)c3cc(N4CCOCC4)cc(OC)c3n2)cn1. The van der Waals surface area contributed by atoms with Crippen LogP contribution >= 0.6 is 0 Å². The number of hydrogen-bond donors (Lipinski definition) is 1. The van der Waals surface area contributed by atoms with Crippen molar-refractivity contribution in [2.75, 3.05) is 50.2 Å². The van der Waals surface area contributed by atoms with E-state index in [1.165, 1.54) is 0 Å². The molecule has 0 atom stereocenters. The Labute approximate surface area is 164 Å². The predicted molar refractivity (Wildman–Crippen MR) is 111 cm³/mol. The number of hydrogen-bond acceptors (Lipinski definition) is 7. The molecule has 1 N–H and O–H groups in total. The molecule has 1 saturated heterocycles. The van der Waals surface area contributed by atoms with Crippen molar-refractivity contribution in [1.82, 2.24) is 15.0 Å². The lowest BCUT2D eigenvalue weighted by Gasteiger charge is -2.29. The van der Waals surface area contributed by atoms with Crippen LogP contribution in [0.4, 0.5) is 11.6 Å². The molecule has 3 heterocycles. The first kappa shape index (κ1) is 18.4. The molecule has 4 rings (SSSR count). The fraction of sp³-hybridized carbons (Fsp3) is 0.381. The third kappa shape index (κ3) is 3.57. The van der Waals surface area contributed by atoms with Crippen LogP contribution in [0.5, 0.6) is 5.75 Å². The normalized spacial score (nSPS) is 14.3. The fourth-order valence-electron chi connectivity index (χ4n) is 3.46. The average Bonchev–Trinajstić information content (AvgIpc) is 2.74. The lowest BCUT2D eigenvalue weighted by molar-refractivity contribution is 0.122. The van der Waals surface area contributed by atoms with Crippen molar-refractivity contribution in [3.8, 4) is 17.0 Å². The molecule has 0 bridgehead atoms. The van der Waals surface area contributed by atoms with E-state index in [9.17, 15) is 0 Å². The molecule has 146 valence electrons. The third-order valence-electron chi connectivity index (χ3n) is 4.95. The minimum Gasteiger partial charge on any atom is -0.494 e. The number of benzene rings is 1. The minimum atomic E-state index is 0.622. The minimum absolute atomic E-state index is 0.622. The molecule has 2 aromatic heterocycles. The van der Waals surface area contributed by atoms with E-state index < -0.39 is 0 Å². The number of pyridine rings is 1. The molecule has 1 aliphatic rings. The van der Waals surface area contributed by atoms with Crippen LogP contribution in [0.2, 0.25) is 0 Å². The lowest BCUT2D eigenvalue weighted by Crippen LogP contribution is -2.36. The van der Waals surface area contributed by atoms with Crippen LogP contribution in [0.3, 0.4) is 0 Å². The molecule has 7 nitrogen and oxygen atoms in total. The Morgan fingerprint density at radius 2 is 1.89 bits per heavy atom. The highest BCUT2D eigenvalue weighted by Gasteiger charge is 2.17. The zero-order valence-electron chi connectivity index (χ0n) is 16.5. The molecule has 28 heavy (non-hydrogen) atoms. The first-order chi connectivity index (χ1) is 13.7. The standard InChI is InChI=1S/C21H25N5O2/c1-4-22-21-23-12-15(13-24-21)18-9-14(2)17-10-16(26-5-7-28-8-6-26)11-19(27-3)20(17)25-18/h9-13H,4-8H2,1-3H3,(H,22,23,24). The summed E-state index contributed by atoms with van der Waals surface area (Å²) in [4.78, 5) is 15.9. The van der Waals surface area contributed by atoms with Gasteiger partial charge >= 0.3 is 0 Å². The van der Waals surface area contributed by atoms with Crippen molar-refractivity contribution >= 4 is 22.5 Å². The molecule has 1 aromatic carbocycles. The van der Waals surface area contributed by atoms with Gasteiger partial charge < -0.3 is 19.7 Å². The molecule has 3 aromatic rings. The van der Waals surface area contributed by atoms with Gasteiger partial charge in [-0.15, -0.1) is 0 Å². The van der Waals surface area contributed by atoms with Crippen LogP contribution in [-0.2, 0) is 4.74 Å². The smallest absolute Gasteiger partial charge is 0.222 e. The van der Waals surface area contributed by atoms with E-state index in [1.807, 2.05) is 6.92 Å². The Morgan fingerprint density at radius 3 is 2.57 bits per heavy atom. The van der Waals surface area contributed by atoms with E-state index in [1.54, 1.807) is 19.5 Å². The number of rotatable bonds is 5. The molecular formula is C21H25N5O2. The van der Waals surface area contributed by atoms with Crippen LogP contribution in [0.25, 0.3) is 22.2 Å². The monoisotopic (exact) mass is 379 g/mol. The van der Waals surface area contributed by atoms with Gasteiger partial charge in [-0.05, 0) is 31.5 Å². The van der Waals surface area contributed by atoms with Gasteiger partial charge in [0.1, 0.15) is 11.3 Å². The number of anilines is 2. The number of ether oxygens (including phenoxy) is 2. The number of aryl methyl sites for hydroxylation is 1. The summed E-state index contributed by atoms with van der Waals surface area (Å²) in [5.41, 5.74) is 4.86. The average molecular weight is 379 g/mol. The molecule has 0 amide bonds. The number of fused-ring (bicyclic) bond motifs is 1. The summed E-state index contributed by atoms with van der Waals surface area (Å²) >= 11 is 0. The van der Waals surface area contributed by atoms with E-state index in [2.05, 4.69) is 45.3 Å². The number of aromatic nitrogens is 3. The van der Waals surface area contributed by atoms with E-state index in [0.29, 0.717) is 5.95 Å². The molecule has 0 radical (unpaired) electrons. The molecular weight excluding hydrogens is 354 g/mol. The van der Waals surface area contributed by atoms with Gasteiger partial charge in [-0.3, -0.25) is 0 Å². The van der Waals surface area contributed by atoms with Crippen molar-refractivity contribution in [2.45, 2.75) is 13.8 Å². The Balaban J connectivity index is 1.77. The zero-order chi connectivity index (χ0) is 19.5. The van der Waals surface area contributed by atoms with Crippen molar-refractivity contribution in [3.63, 3.8) is 0 Å². The summed E-state index contributed by atoms with van der Waals surface area (Å²) in [5.74, 6) is 1.39. The van der Waals surface area contributed by atoms with Crippen molar-refractivity contribution in [2.24, 2.45) is 0 Å². The van der Waals surface area contributed by atoms with Gasteiger partial charge in [-0.1, -0.05) is 0 Å². The van der Waals surface area contributed by atoms with Gasteiger partial charge in [0.25, 0.3) is 0 Å². The van der Waals surface area contributed by atoms with Crippen LogP contribution in [0, 0.1) is 6.92 Å². The molecule has 1 fully saturated rings. The Bertz CT molecular complexity index is 969. The molecule has 0 unspecified atom stereocenters. The van der Waals surface area contributed by atoms with Crippen molar-refractivity contribution in [1.29, 1.82) is 0 Å². The second-order valence-electron chi connectivity index (χ2n) is 6.79. The fourth-order valence-corrected chi connectivity index (χ4v) is 3.46. The first-order valence-electron chi connectivity index (χ1n) is 9.58. The molecule has 1 aliphatic heterocycles. The van der Waals surface area contributed by atoms with Gasteiger partial charge in [-0.2, -0.15) is 0 Å². The summed E-state index contributed by atoms with van der Waals surface area (Å²) < 4.78 is 11.2.